The molecule has 2 aromatic heterocycles. The monoisotopic (exact) mass is 310 g/mol. The van der Waals surface area contributed by atoms with Crippen LogP contribution in [-0.4, -0.2) is 21.4 Å². The Morgan fingerprint density at radius 2 is 1.91 bits per heavy atom. The Labute approximate surface area is 136 Å². The van der Waals surface area contributed by atoms with E-state index in [2.05, 4.69) is 30.9 Å². The van der Waals surface area contributed by atoms with Crippen molar-refractivity contribution >= 4 is 16.6 Å². The third kappa shape index (κ3) is 2.86. The zero-order valence-corrected chi connectivity index (χ0v) is 14.0. The standard InChI is InChI=1S/C18H22N4O/c1-5-23-16-10-12-8-6-7-9-13(12)17(20-16)22-15(19)11-14(21-22)18(2,3)4/h6-11H,5,19H2,1-4H3. The number of pyridine rings is 1. The summed E-state index contributed by atoms with van der Waals surface area (Å²) in [6, 6.07) is 11.9. The van der Waals surface area contributed by atoms with E-state index in [1.54, 1.807) is 4.68 Å². The van der Waals surface area contributed by atoms with Crippen LogP contribution in [0.25, 0.3) is 16.6 Å². The molecule has 0 aliphatic rings. The van der Waals surface area contributed by atoms with Gasteiger partial charge in [0.25, 0.3) is 0 Å². The third-order valence-corrected chi connectivity index (χ3v) is 3.69. The van der Waals surface area contributed by atoms with Crippen molar-refractivity contribution in [3.63, 3.8) is 0 Å². The molecule has 0 aliphatic heterocycles. The highest BCUT2D eigenvalue weighted by Crippen LogP contribution is 2.29. The van der Waals surface area contributed by atoms with Crippen LogP contribution in [0.15, 0.2) is 36.4 Å². The van der Waals surface area contributed by atoms with Gasteiger partial charge < -0.3 is 10.5 Å². The van der Waals surface area contributed by atoms with E-state index in [0.29, 0.717) is 24.1 Å². The van der Waals surface area contributed by atoms with Crippen LogP contribution in [0.3, 0.4) is 0 Å². The van der Waals surface area contributed by atoms with Crippen molar-refractivity contribution in [2.45, 2.75) is 33.1 Å². The highest BCUT2D eigenvalue weighted by atomic mass is 16.5. The number of rotatable bonds is 3. The predicted octanol–water partition coefficient (Wildman–Crippen LogP) is 3.70. The number of nitrogens with zero attached hydrogens (tertiary/aromatic N) is 3. The number of anilines is 1. The van der Waals surface area contributed by atoms with Gasteiger partial charge in [0.1, 0.15) is 5.82 Å². The molecule has 120 valence electrons. The molecular formula is C18H22N4O. The molecule has 0 saturated heterocycles. The van der Waals surface area contributed by atoms with Crippen molar-refractivity contribution in [1.29, 1.82) is 0 Å². The summed E-state index contributed by atoms with van der Waals surface area (Å²) in [6.07, 6.45) is 0. The van der Waals surface area contributed by atoms with E-state index in [1.807, 2.05) is 43.3 Å². The fourth-order valence-electron chi connectivity index (χ4n) is 2.47. The summed E-state index contributed by atoms with van der Waals surface area (Å²) in [5.74, 6) is 1.84. The lowest BCUT2D eigenvalue weighted by Gasteiger charge is -2.14. The van der Waals surface area contributed by atoms with E-state index in [-0.39, 0.29) is 5.41 Å². The normalized spacial score (nSPS) is 11.8. The number of benzene rings is 1. The van der Waals surface area contributed by atoms with Crippen LogP contribution in [0.4, 0.5) is 5.82 Å². The maximum atomic E-state index is 6.20. The van der Waals surface area contributed by atoms with Crippen molar-refractivity contribution in [2.24, 2.45) is 0 Å². The van der Waals surface area contributed by atoms with Gasteiger partial charge in [-0.05, 0) is 12.3 Å². The van der Waals surface area contributed by atoms with E-state index >= 15 is 0 Å². The van der Waals surface area contributed by atoms with Crippen LogP contribution in [-0.2, 0) is 5.41 Å². The van der Waals surface area contributed by atoms with E-state index in [4.69, 9.17) is 10.5 Å². The summed E-state index contributed by atoms with van der Waals surface area (Å²) in [4.78, 5) is 4.62. The molecule has 5 nitrogen and oxygen atoms in total. The van der Waals surface area contributed by atoms with Gasteiger partial charge in [-0.25, -0.2) is 0 Å². The molecule has 0 fully saturated rings. The van der Waals surface area contributed by atoms with Crippen molar-refractivity contribution in [3.05, 3.63) is 42.1 Å². The van der Waals surface area contributed by atoms with Crippen LogP contribution in [0.5, 0.6) is 5.88 Å². The molecule has 5 heteroatoms. The Bertz CT molecular complexity index is 846. The Morgan fingerprint density at radius 1 is 1.17 bits per heavy atom. The van der Waals surface area contributed by atoms with Crippen LogP contribution < -0.4 is 10.5 Å². The summed E-state index contributed by atoms with van der Waals surface area (Å²) in [5.41, 5.74) is 7.06. The Balaban J connectivity index is 2.24. The van der Waals surface area contributed by atoms with Gasteiger partial charge in [0.15, 0.2) is 5.82 Å². The van der Waals surface area contributed by atoms with Gasteiger partial charge in [0.2, 0.25) is 5.88 Å². The molecule has 0 radical (unpaired) electrons. The molecule has 3 rings (SSSR count). The second-order valence-electron chi connectivity index (χ2n) is 6.55. The quantitative estimate of drug-likeness (QED) is 0.801. The first kappa shape index (κ1) is 15.3. The van der Waals surface area contributed by atoms with Gasteiger partial charge in [0, 0.05) is 22.9 Å². The van der Waals surface area contributed by atoms with Gasteiger partial charge in [0.05, 0.1) is 12.3 Å². The summed E-state index contributed by atoms with van der Waals surface area (Å²) in [7, 11) is 0. The first-order valence-electron chi connectivity index (χ1n) is 7.79. The van der Waals surface area contributed by atoms with Gasteiger partial charge in [-0.1, -0.05) is 45.0 Å². The number of fused-ring (bicyclic) bond motifs is 1. The molecule has 0 atom stereocenters. The van der Waals surface area contributed by atoms with E-state index < -0.39 is 0 Å². The Morgan fingerprint density at radius 3 is 2.57 bits per heavy atom. The lowest BCUT2D eigenvalue weighted by Crippen LogP contribution is -2.13. The first-order chi connectivity index (χ1) is 10.9. The van der Waals surface area contributed by atoms with Gasteiger partial charge in [-0.2, -0.15) is 14.8 Å². The third-order valence-electron chi connectivity index (χ3n) is 3.69. The fourth-order valence-corrected chi connectivity index (χ4v) is 2.47. The second kappa shape index (κ2) is 5.57. The number of nitrogens with two attached hydrogens (primary N) is 1. The number of hydrogen-bond acceptors (Lipinski definition) is 4. The highest BCUT2D eigenvalue weighted by Gasteiger charge is 2.21. The minimum absolute atomic E-state index is 0.0767. The van der Waals surface area contributed by atoms with Gasteiger partial charge in [-0.3, -0.25) is 0 Å². The SMILES string of the molecule is CCOc1cc2ccccc2c(-n2nc(C(C)(C)C)cc2N)n1. The fraction of sp³-hybridized carbons (Fsp3) is 0.333. The minimum Gasteiger partial charge on any atom is -0.478 e. The molecule has 0 saturated carbocycles. The van der Waals surface area contributed by atoms with Crippen molar-refractivity contribution in [1.82, 2.24) is 14.8 Å². The molecule has 3 aromatic rings. The topological polar surface area (TPSA) is 66.0 Å². The average molecular weight is 310 g/mol. The maximum absolute atomic E-state index is 6.20. The summed E-state index contributed by atoms with van der Waals surface area (Å²) >= 11 is 0. The first-order valence-corrected chi connectivity index (χ1v) is 7.79. The Kier molecular flexibility index (Phi) is 3.72. The lowest BCUT2D eigenvalue weighted by atomic mass is 9.92. The largest absolute Gasteiger partial charge is 0.478 e. The van der Waals surface area contributed by atoms with E-state index in [9.17, 15) is 0 Å². The highest BCUT2D eigenvalue weighted by molar-refractivity contribution is 5.89. The van der Waals surface area contributed by atoms with Crippen LogP contribution >= 0.6 is 0 Å². The number of nitrogen functional groups attached to an aromatic ring is 1. The molecule has 1 aromatic carbocycles. The smallest absolute Gasteiger partial charge is 0.215 e. The number of hydrogen-bond donors (Lipinski definition) is 1. The molecular weight excluding hydrogens is 288 g/mol. The average Bonchev–Trinajstić information content (AvgIpc) is 2.89. The maximum Gasteiger partial charge on any atom is 0.215 e. The zero-order chi connectivity index (χ0) is 16.6. The molecule has 0 bridgehead atoms. The van der Waals surface area contributed by atoms with E-state index in [1.165, 1.54) is 0 Å². The molecule has 0 amide bonds. The predicted molar refractivity (Wildman–Crippen MR) is 93.1 cm³/mol. The summed E-state index contributed by atoms with van der Waals surface area (Å²) in [6.45, 7) is 8.84. The van der Waals surface area contributed by atoms with Gasteiger partial charge in [-0.15, -0.1) is 0 Å². The van der Waals surface area contributed by atoms with Crippen LogP contribution in [0, 0.1) is 0 Å². The molecule has 2 N–H and O–H groups in total. The van der Waals surface area contributed by atoms with Crippen molar-refractivity contribution < 1.29 is 4.74 Å². The minimum atomic E-state index is -0.0767. The molecule has 0 spiro atoms. The molecule has 0 unspecified atom stereocenters. The van der Waals surface area contributed by atoms with Crippen LogP contribution in [0.2, 0.25) is 0 Å². The second-order valence-corrected chi connectivity index (χ2v) is 6.55. The zero-order valence-electron chi connectivity index (χ0n) is 14.0. The Hall–Kier alpha value is -2.56. The van der Waals surface area contributed by atoms with E-state index in [0.717, 1.165) is 16.5 Å². The van der Waals surface area contributed by atoms with Crippen molar-refractivity contribution in [3.8, 4) is 11.7 Å². The number of aromatic nitrogens is 3. The van der Waals surface area contributed by atoms with Gasteiger partial charge >= 0.3 is 0 Å². The molecule has 0 aliphatic carbocycles. The summed E-state index contributed by atoms with van der Waals surface area (Å²) < 4.78 is 7.30. The van der Waals surface area contributed by atoms with Crippen molar-refractivity contribution in [2.75, 3.05) is 12.3 Å². The van der Waals surface area contributed by atoms with Crippen LogP contribution in [0.1, 0.15) is 33.4 Å². The molecule has 2 heterocycles. The molecule has 23 heavy (non-hydrogen) atoms. The summed E-state index contributed by atoms with van der Waals surface area (Å²) in [5, 5.41) is 6.72. The number of ether oxygens (including phenoxy) is 1. The lowest BCUT2D eigenvalue weighted by molar-refractivity contribution is 0.327.